The van der Waals surface area contributed by atoms with Crippen LogP contribution in [0.1, 0.15) is 12.5 Å². The van der Waals surface area contributed by atoms with Crippen LogP contribution in [0.5, 0.6) is 5.75 Å². The Morgan fingerprint density at radius 1 is 1.43 bits per heavy atom. The highest BCUT2D eigenvalue weighted by Crippen LogP contribution is 2.32. The molecule has 1 saturated heterocycles. The Balaban J connectivity index is 1.73. The lowest BCUT2D eigenvalue weighted by Crippen LogP contribution is -2.38. The van der Waals surface area contributed by atoms with Gasteiger partial charge in [-0.15, -0.1) is 0 Å². The summed E-state index contributed by atoms with van der Waals surface area (Å²) in [4.78, 5) is 19.0. The highest BCUT2D eigenvalue weighted by atomic mass is 79.9. The van der Waals surface area contributed by atoms with Crippen LogP contribution >= 0.6 is 27.7 Å². The molecule has 0 N–H and O–H groups in total. The molecule has 5 nitrogen and oxygen atoms in total. The van der Waals surface area contributed by atoms with E-state index in [9.17, 15) is 4.79 Å². The van der Waals surface area contributed by atoms with E-state index in [1.54, 1.807) is 0 Å². The van der Waals surface area contributed by atoms with Gasteiger partial charge in [0.1, 0.15) is 5.75 Å². The molecule has 3 rings (SSSR count). The fourth-order valence-corrected chi connectivity index (χ4v) is 3.79. The largest absolute Gasteiger partial charge is 0.493 e. The number of nitrogens with zero attached hydrogens (tertiary/aromatic N) is 2. The maximum absolute atomic E-state index is 12.1. The first-order valence-electron chi connectivity index (χ1n) is 7.45. The Hall–Kier alpha value is -1.31. The van der Waals surface area contributed by atoms with E-state index < -0.39 is 0 Å². The fourth-order valence-electron chi connectivity index (χ4n) is 2.32. The molecule has 0 aromatic heterocycles. The molecule has 1 amide bonds. The van der Waals surface area contributed by atoms with Gasteiger partial charge >= 0.3 is 0 Å². The molecular weight excluding hydrogens is 380 g/mol. The molecule has 0 bridgehead atoms. The number of carbonyl (C=O) groups excluding carboxylic acids is 1. The van der Waals surface area contributed by atoms with Crippen molar-refractivity contribution in [1.82, 2.24) is 4.90 Å². The second kappa shape index (κ2) is 7.51. The molecule has 0 aliphatic carbocycles. The van der Waals surface area contributed by atoms with Crippen LogP contribution in [0.15, 0.2) is 32.6 Å². The molecule has 1 fully saturated rings. The van der Waals surface area contributed by atoms with Crippen molar-refractivity contribution in [2.75, 3.05) is 32.9 Å². The van der Waals surface area contributed by atoms with Crippen molar-refractivity contribution in [3.63, 3.8) is 0 Å². The first-order chi connectivity index (χ1) is 11.2. The summed E-state index contributed by atoms with van der Waals surface area (Å²) >= 11 is 4.92. The smallest absolute Gasteiger partial charge is 0.286 e. The second-order valence-electron chi connectivity index (χ2n) is 5.03. The van der Waals surface area contributed by atoms with E-state index in [0.717, 1.165) is 34.0 Å². The molecular formula is C16H17BrN2O3S. The van der Waals surface area contributed by atoms with Crippen LogP contribution in [0.2, 0.25) is 0 Å². The number of morpholine rings is 1. The third-order valence-corrected chi connectivity index (χ3v) is 5.11. The zero-order chi connectivity index (χ0) is 16.2. The number of hydrogen-bond donors (Lipinski definition) is 0. The number of amides is 1. The number of ether oxygens (including phenoxy) is 2. The Morgan fingerprint density at radius 3 is 2.91 bits per heavy atom. The van der Waals surface area contributed by atoms with E-state index >= 15 is 0 Å². The van der Waals surface area contributed by atoms with Gasteiger partial charge in [0.25, 0.3) is 5.91 Å². The van der Waals surface area contributed by atoms with E-state index in [1.807, 2.05) is 31.2 Å². The van der Waals surface area contributed by atoms with Crippen molar-refractivity contribution in [1.29, 1.82) is 0 Å². The second-order valence-corrected chi connectivity index (χ2v) is 6.90. The highest BCUT2D eigenvalue weighted by molar-refractivity contribution is 9.10. The normalized spacial score (nSPS) is 20.1. The molecule has 0 saturated carbocycles. The van der Waals surface area contributed by atoms with Gasteiger partial charge in [0.2, 0.25) is 0 Å². The van der Waals surface area contributed by atoms with Crippen LogP contribution in [0, 0.1) is 0 Å². The summed E-state index contributed by atoms with van der Waals surface area (Å²) in [6, 6.07) is 5.77. The average Bonchev–Trinajstić information content (AvgIpc) is 2.92. The zero-order valence-corrected chi connectivity index (χ0v) is 15.2. The molecule has 2 aliphatic rings. The number of hydrogen-bond acceptors (Lipinski definition) is 5. The van der Waals surface area contributed by atoms with Gasteiger partial charge in [0.15, 0.2) is 5.17 Å². The molecule has 7 heteroatoms. The number of halogens is 1. The molecule has 0 radical (unpaired) electrons. The molecule has 122 valence electrons. The molecule has 1 aromatic rings. The molecule has 0 spiro atoms. The Bertz CT molecular complexity index is 669. The first kappa shape index (κ1) is 16.5. The molecule has 2 aliphatic heterocycles. The van der Waals surface area contributed by atoms with Crippen LogP contribution in [-0.4, -0.2) is 48.9 Å². The summed E-state index contributed by atoms with van der Waals surface area (Å²) in [7, 11) is 0. The number of carbonyl (C=O) groups is 1. The van der Waals surface area contributed by atoms with Gasteiger partial charge in [-0.05, 0) is 58.4 Å². The SMILES string of the molecule is CCOc1ccc(/C=C2\SC(N3CCOCC3)=NC2=O)cc1Br. The van der Waals surface area contributed by atoms with Crippen molar-refractivity contribution < 1.29 is 14.3 Å². The number of aliphatic imine (C=N–C) groups is 1. The highest BCUT2D eigenvalue weighted by Gasteiger charge is 2.27. The van der Waals surface area contributed by atoms with Crippen molar-refractivity contribution in [3.05, 3.63) is 33.1 Å². The predicted octanol–water partition coefficient (Wildman–Crippen LogP) is 3.15. The van der Waals surface area contributed by atoms with Crippen molar-refractivity contribution in [3.8, 4) is 5.75 Å². The number of benzene rings is 1. The van der Waals surface area contributed by atoms with E-state index in [4.69, 9.17) is 9.47 Å². The van der Waals surface area contributed by atoms with E-state index in [0.29, 0.717) is 24.7 Å². The predicted molar refractivity (Wildman–Crippen MR) is 95.7 cm³/mol. The minimum absolute atomic E-state index is 0.179. The van der Waals surface area contributed by atoms with Gasteiger partial charge in [0.05, 0.1) is 29.2 Å². The lowest BCUT2D eigenvalue weighted by atomic mass is 10.2. The summed E-state index contributed by atoms with van der Waals surface area (Å²) in [5, 5.41) is 0.773. The van der Waals surface area contributed by atoms with Gasteiger partial charge in [-0.25, -0.2) is 0 Å². The summed E-state index contributed by atoms with van der Waals surface area (Å²) < 4.78 is 11.7. The third-order valence-electron chi connectivity index (χ3n) is 3.44. The molecule has 23 heavy (non-hydrogen) atoms. The Labute approximate surface area is 147 Å². The van der Waals surface area contributed by atoms with Crippen LogP contribution < -0.4 is 4.74 Å². The summed E-state index contributed by atoms with van der Waals surface area (Å²) in [6.45, 7) is 5.48. The van der Waals surface area contributed by atoms with Gasteiger partial charge in [-0.3, -0.25) is 4.79 Å². The molecule has 0 unspecified atom stereocenters. The Morgan fingerprint density at radius 2 is 2.22 bits per heavy atom. The topological polar surface area (TPSA) is 51.1 Å². The summed E-state index contributed by atoms with van der Waals surface area (Å²) in [5.74, 6) is 0.617. The van der Waals surface area contributed by atoms with Crippen LogP contribution in [0.25, 0.3) is 6.08 Å². The van der Waals surface area contributed by atoms with Gasteiger partial charge in [-0.1, -0.05) is 6.07 Å². The van der Waals surface area contributed by atoms with Gasteiger partial charge in [-0.2, -0.15) is 4.99 Å². The fraction of sp³-hybridized carbons (Fsp3) is 0.375. The quantitative estimate of drug-likeness (QED) is 0.734. The van der Waals surface area contributed by atoms with Crippen LogP contribution in [0.4, 0.5) is 0 Å². The molecule has 2 heterocycles. The zero-order valence-electron chi connectivity index (χ0n) is 12.8. The van der Waals surface area contributed by atoms with Crippen LogP contribution in [-0.2, 0) is 9.53 Å². The third kappa shape index (κ3) is 3.97. The van der Waals surface area contributed by atoms with Crippen molar-refractivity contribution >= 4 is 44.8 Å². The number of amidine groups is 1. The van der Waals surface area contributed by atoms with E-state index in [1.165, 1.54) is 11.8 Å². The monoisotopic (exact) mass is 396 g/mol. The maximum atomic E-state index is 12.1. The lowest BCUT2D eigenvalue weighted by Gasteiger charge is -2.27. The van der Waals surface area contributed by atoms with Crippen LogP contribution in [0.3, 0.4) is 0 Å². The molecule has 1 aromatic carbocycles. The standard InChI is InChI=1S/C16H17BrN2O3S/c1-2-22-13-4-3-11(9-12(13)17)10-14-15(20)18-16(23-14)19-5-7-21-8-6-19/h3-4,9-10H,2,5-8H2,1H3/b14-10-. The summed E-state index contributed by atoms with van der Waals surface area (Å²) in [6.07, 6.45) is 1.87. The first-order valence-corrected chi connectivity index (χ1v) is 9.06. The lowest BCUT2D eigenvalue weighted by molar-refractivity contribution is -0.113. The van der Waals surface area contributed by atoms with Crippen molar-refractivity contribution in [2.45, 2.75) is 6.92 Å². The van der Waals surface area contributed by atoms with Gasteiger partial charge in [0, 0.05) is 13.1 Å². The van der Waals surface area contributed by atoms with E-state index in [-0.39, 0.29) is 5.91 Å². The minimum Gasteiger partial charge on any atom is -0.493 e. The van der Waals surface area contributed by atoms with E-state index in [2.05, 4.69) is 25.8 Å². The number of rotatable bonds is 3. The van der Waals surface area contributed by atoms with Crippen molar-refractivity contribution in [2.24, 2.45) is 4.99 Å². The average molecular weight is 397 g/mol. The minimum atomic E-state index is -0.179. The number of thioether (sulfide) groups is 1. The summed E-state index contributed by atoms with van der Waals surface area (Å²) in [5.41, 5.74) is 0.939. The molecule has 0 atom stereocenters. The Kier molecular flexibility index (Phi) is 5.40. The maximum Gasteiger partial charge on any atom is 0.286 e. The van der Waals surface area contributed by atoms with Gasteiger partial charge < -0.3 is 14.4 Å².